The normalized spacial score (nSPS) is 10.2. The van der Waals surface area contributed by atoms with Crippen molar-refractivity contribution in [3.05, 3.63) is 35.9 Å². The Morgan fingerprint density at radius 1 is 1.20 bits per heavy atom. The van der Waals surface area contributed by atoms with Crippen LogP contribution in [0.2, 0.25) is 0 Å². The van der Waals surface area contributed by atoms with Gasteiger partial charge in [0.15, 0.2) is 0 Å². The van der Waals surface area contributed by atoms with Gasteiger partial charge in [0, 0.05) is 5.75 Å². The molecule has 0 bridgehead atoms. The molecule has 0 amide bonds. The van der Waals surface area contributed by atoms with Crippen LogP contribution in [0.15, 0.2) is 30.3 Å². The van der Waals surface area contributed by atoms with E-state index in [0.717, 1.165) is 25.0 Å². The van der Waals surface area contributed by atoms with Crippen LogP contribution in [0.4, 0.5) is 0 Å². The SMILES string of the molecule is O=C(CCl)SCCCCc1ccccc1. The van der Waals surface area contributed by atoms with Crippen molar-refractivity contribution in [1.29, 1.82) is 0 Å². The molecule has 1 nitrogen and oxygen atoms in total. The Morgan fingerprint density at radius 2 is 1.93 bits per heavy atom. The van der Waals surface area contributed by atoms with Crippen molar-refractivity contribution in [2.75, 3.05) is 11.6 Å². The fourth-order valence-electron chi connectivity index (χ4n) is 1.30. The fourth-order valence-corrected chi connectivity index (χ4v) is 2.19. The molecular weight excluding hydrogens is 228 g/mol. The third-order valence-corrected chi connectivity index (χ3v) is 3.44. The van der Waals surface area contributed by atoms with Crippen LogP contribution in [-0.2, 0) is 11.2 Å². The van der Waals surface area contributed by atoms with E-state index < -0.39 is 0 Å². The van der Waals surface area contributed by atoms with Crippen LogP contribution in [0.1, 0.15) is 18.4 Å². The molecule has 1 aromatic carbocycles. The molecule has 0 spiro atoms. The predicted molar refractivity (Wildman–Crippen MR) is 67.6 cm³/mol. The van der Waals surface area contributed by atoms with Crippen LogP contribution in [-0.4, -0.2) is 16.7 Å². The minimum atomic E-state index is 0.0800. The lowest BCUT2D eigenvalue weighted by atomic mass is 10.1. The molecule has 3 heteroatoms. The predicted octanol–water partition coefficient (Wildman–Crippen LogP) is 3.51. The number of benzene rings is 1. The van der Waals surface area contributed by atoms with Gasteiger partial charge in [0.25, 0.3) is 0 Å². The molecule has 0 heterocycles. The highest BCUT2D eigenvalue weighted by Gasteiger charge is 1.99. The van der Waals surface area contributed by atoms with E-state index in [1.807, 2.05) is 6.07 Å². The maximum Gasteiger partial charge on any atom is 0.203 e. The standard InChI is InChI=1S/C12H15ClOS/c13-10-12(14)15-9-5-4-8-11-6-2-1-3-7-11/h1-3,6-7H,4-5,8-10H2. The van der Waals surface area contributed by atoms with Gasteiger partial charge in [-0.1, -0.05) is 42.1 Å². The van der Waals surface area contributed by atoms with E-state index in [1.165, 1.54) is 17.3 Å². The van der Waals surface area contributed by atoms with E-state index >= 15 is 0 Å². The molecule has 0 aromatic heterocycles. The van der Waals surface area contributed by atoms with Crippen LogP contribution in [0.5, 0.6) is 0 Å². The fraction of sp³-hybridized carbons (Fsp3) is 0.417. The van der Waals surface area contributed by atoms with Crippen molar-refractivity contribution in [2.45, 2.75) is 19.3 Å². The van der Waals surface area contributed by atoms with E-state index in [0.29, 0.717) is 0 Å². The summed E-state index contributed by atoms with van der Waals surface area (Å²) in [6.07, 6.45) is 3.30. The van der Waals surface area contributed by atoms with Gasteiger partial charge in [-0.3, -0.25) is 4.79 Å². The second-order valence-corrected chi connectivity index (χ2v) is 4.72. The quantitative estimate of drug-likeness (QED) is 0.561. The summed E-state index contributed by atoms with van der Waals surface area (Å²) in [5.74, 6) is 1.02. The Kier molecular flexibility index (Phi) is 6.53. The van der Waals surface area contributed by atoms with E-state index in [-0.39, 0.29) is 11.0 Å². The van der Waals surface area contributed by atoms with Crippen LogP contribution >= 0.6 is 23.4 Å². The van der Waals surface area contributed by atoms with Crippen molar-refractivity contribution < 1.29 is 4.79 Å². The number of aryl methyl sites for hydroxylation is 1. The van der Waals surface area contributed by atoms with E-state index in [2.05, 4.69) is 24.3 Å². The number of rotatable bonds is 6. The molecule has 0 aliphatic rings. The largest absolute Gasteiger partial charge is 0.286 e. The van der Waals surface area contributed by atoms with Gasteiger partial charge < -0.3 is 0 Å². The van der Waals surface area contributed by atoms with Crippen LogP contribution in [0, 0.1) is 0 Å². The number of halogens is 1. The van der Waals surface area contributed by atoms with Crippen molar-refractivity contribution in [2.24, 2.45) is 0 Å². The monoisotopic (exact) mass is 242 g/mol. The number of thioether (sulfide) groups is 1. The van der Waals surface area contributed by atoms with E-state index in [1.54, 1.807) is 0 Å². The van der Waals surface area contributed by atoms with Crippen LogP contribution in [0.25, 0.3) is 0 Å². The Balaban J connectivity index is 2.05. The lowest BCUT2D eigenvalue weighted by Gasteiger charge is -2.00. The first-order valence-electron chi connectivity index (χ1n) is 5.08. The molecule has 0 unspecified atom stereocenters. The summed E-state index contributed by atoms with van der Waals surface area (Å²) in [5.41, 5.74) is 1.37. The molecular formula is C12H15ClOS. The molecule has 0 fully saturated rings. The summed E-state index contributed by atoms with van der Waals surface area (Å²) in [5, 5.41) is 0.0800. The van der Waals surface area contributed by atoms with Crippen molar-refractivity contribution in [3.63, 3.8) is 0 Å². The van der Waals surface area contributed by atoms with Crippen molar-refractivity contribution in [1.82, 2.24) is 0 Å². The first kappa shape index (κ1) is 12.6. The number of hydrogen-bond donors (Lipinski definition) is 0. The third-order valence-electron chi connectivity index (χ3n) is 2.07. The summed E-state index contributed by atoms with van der Waals surface area (Å²) in [7, 11) is 0. The summed E-state index contributed by atoms with van der Waals surface area (Å²) in [4.78, 5) is 10.9. The van der Waals surface area contributed by atoms with Crippen molar-refractivity contribution in [3.8, 4) is 0 Å². The molecule has 1 rings (SSSR count). The zero-order chi connectivity index (χ0) is 10.9. The molecule has 15 heavy (non-hydrogen) atoms. The zero-order valence-corrected chi connectivity index (χ0v) is 10.2. The Morgan fingerprint density at radius 3 is 2.60 bits per heavy atom. The van der Waals surface area contributed by atoms with Crippen molar-refractivity contribution >= 4 is 28.5 Å². The Labute approximate surface area is 100 Å². The summed E-state index contributed by atoms with van der Waals surface area (Å²) in [6, 6.07) is 10.4. The second-order valence-electron chi connectivity index (χ2n) is 3.30. The smallest absolute Gasteiger partial charge is 0.203 e. The molecule has 0 saturated heterocycles. The summed E-state index contributed by atoms with van der Waals surface area (Å²) >= 11 is 6.73. The minimum absolute atomic E-state index is 0.0800. The molecule has 0 radical (unpaired) electrons. The summed E-state index contributed by atoms with van der Waals surface area (Å²) < 4.78 is 0. The molecule has 0 atom stereocenters. The average Bonchev–Trinajstić information content (AvgIpc) is 2.29. The highest BCUT2D eigenvalue weighted by atomic mass is 35.5. The number of alkyl halides is 1. The summed E-state index contributed by atoms with van der Waals surface area (Å²) in [6.45, 7) is 0. The second kappa shape index (κ2) is 7.77. The topological polar surface area (TPSA) is 17.1 Å². The maximum atomic E-state index is 10.9. The third kappa shape index (κ3) is 5.85. The van der Waals surface area contributed by atoms with Gasteiger partial charge in [-0.05, 0) is 24.8 Å². The number of carbonyl (C=O) groups is 1. The molecule has 0 aliphatic carbocycles. The van der Waals surface area contributed by atoms with E-state index in [9.17, 15) is 4.79 Å². The number of hydrogen-bond acceptors (Lipinski definition) is 2. The average molecular weight is 243 g/mol. The highest BCUT2D eigenvalue weighted by Crippen LogP contribution is 2.10. The van der Waals surface area contributed by atoms with Gasteiger partial charge in [0.2, 0.25) is 5.12 Å². The van der Waals surface area contributed by atoms with Gasteiger partial charge in [-0.15, -0.1) is 11.6 Å². The van der Waals surface area contributed by atoms with Crippen LogP contribution in [0.3, 0.4) is 0 Å². The Hall–Kier alpha value is -0.470. The van der Waals surface area contributed by atoms with Gasteiger partial charge >= 0.3 is 0 Å². The van der Waals surface area contributed by atoms with Gasteiger partial charge in [-0.2, -0.15) is 0 Å². The minimum Gasteiger partial charge on any atom is -0.286 e. The zero-order valence-electron chi connectivity index (χ0n) is 8.62. The van der Waals surface area contributed by atoms with Crippen LogP contribution < -0.4 is 0 Å². The Bertz CT molecular complexity index is 287. The first-order chi connectivity index (χ1) is 7.33. The molecule has 0 N–H and O–H groups in total. The molecule has 1 aromatic rings. The van der Waals surface area contributed by atoms with E-state index in [4.69, 9.17) is 11.6 Å². The van der Waals surface area contributed by atoms with Gasteiger partial charge in [0.1, 0.15) is 0 Å². The van der Waals surface area contributed by atoms with Gasteiger partial charge in [-0.25, -0.2) is 0 Å². The molecule has 82 valence electrons. The molecule has 0 aliphatic heterocycles. The maximum absolute atomic E-state index is 10.9. The lowest BCUT2D eigenvalue weighted by molar-refractivity contribution is -0.108. The number of unbranched alkanes of at least 4 members (excludes halogenated alkanes) is 1. The number of carbonyl (C=O) groups excluding carboxylic acids is 1. The first-order valence-corrected chi connectivity index (χ1v) is 6.60. The highest BCUT2D eigenvalue weighted by molar-refractivity contribution is 8.13. The lowest BCUT2D eigenvalue weighted by Crippen LogP contribution is -1.94. The van der Waals surface area contributed by atoms with Gasteiger partial charge in [0.05, 0.1) is 5.88 Å². The molecule has 0 saturated carbocycles.